The van der Waals surface area contributed by atoms with Crippen molar-refractivity contribution in [2.24, 2.45) is 5.73 Å². The number of benzene rings is 2. The van der Waals surface area contributed by atoms with Crippen LogP contribution in [0.25, 0.3) is 38.8 Å². The average Bonchev–Trinajstić information content (AvgIpc) is 3.60. The van der Waals surface area contributed by atoms with Crippen molar-refractivity contribution in [1.29, 1.82) is 0 Å². The smallest absolute Gasteiger partial charge is 0.345 e. The van der Waals surface area contributed by atoms with Crippen molar-refractivity contribution < 1.29 is 18.0 Å². The fourth-order valence-corrected chi connectivity index (χ4v) is 5.58. The van der Waals surface area contributed by atoms with E-state index >= 15 is 0 Å². The summed E-state index contributed by atoms with van der Waals surface area (Å²) < 4.78 is 22.9. The fraction of sp³-hybridized carbons (Fsp3) is 0.0357. The number of rotatable bonds is 3. The highest BCUT2D eigenvalue weighted by molar-refractivity contribution is 7.11. The highest BCUT2D eigenvalue weighted by atomic mass is 32.1. The lowest BCUT2D eigenvalue weighted by Gasteiger charge is -2.26. The number of thiazole rings is 1. The number of hydrogen-bond donors (Lipinski definition) is 1. The van der Waals surface area contributed by atoms with E-state index in [0.717, 1.165) is 5.39 Å². The summed E-state index contributed by atoms with van der Waals surface area (Å²) in [6, 6.07) is 19.6. The van der Waals surface area contributed by atoms with Crippen LogP contribution in [-0.2, 0) is 0 Å². The van der Waals surface area contributed by atoms with Crippen molar-refractivity contribution in [3.05, 3.63) is 121 Å². The molecule has 180 valence electrons. The Morgan fingerprint density at radius 1 is 0.892 bits per heavy atom. The summed E-state index contributed by atoms with van der Waals surface area (Å²) in [5.41, 5.74) is 7.76. The third kappa shape index (κ3) is 3.32. The second kappa shape index (κ2) is 8.07. The Labute approximate surface area is 211 Å². The molecule has 0 radical (unpaired) electrons. The van der Waals surface area contributed by atoms with Crippen LogP contribution in [0.3, 0.4) is 0 Å². The first-order valence-electron chi connectivity index (χ1n) is 11.3. The van der Waals surface area contributed by atoms with Crippen molar-refractivity contribution >= 4 is 38.8 Å². The van der Waals surface area contributed by atoms with E-state index in [1.54, 1.807) is 53.9 Å². The van der Waals surface area contributed by atoms with Gasteiger partial charge in [-0.25, -0.2) is 14.6 Å². The summed E-state index contributed by atoms with van der Waals surface area (Å²) in [6.07, 6.45) is 1.52. The Bertz CT molecular complexity index is 1980. The van der Waals surface area contributed by atoms with Gasteiger partial charge in [0.1, 0.15) is 21.9 Å². The minimum atomic E-state index is -0.730. The van der Waals surface area contributed by atoms with Crippen LogP contribution in [0.2, 0.25) is 0 Å². The summed E-state index contributed by atoms with van der Waals surface area (Å²) in [4.78, 5) is 30.7. The van der Waals surface area contributed by atoms with Crippen molar-refractivity contribution in [3.8, 4) is 17.0 Å². The van der Waals surface area contributed by atoms with E-state index in [9.17, 15) is 9.59 Å². The first kappa shape index (κ1) is 21.4. The number of aromatic nitrogens is 1. The number of hydrogen-bond acceptors (Lipinski definition) is 9. The number of para-hydroxylation sites is 2. The van der Waals surface area contributed by atoms with Gasteiger partial charge in [-0.15, -0.1) is 11.3 Å². The molecule has 0 aliphatic carbocycles. The van der Waals surface area contributed by atoms with Gasteiger partial charge in [0.25, 0.3) is 0 Å². The molecule has 2 aromatic carbocycles. The molecule has 0 bridgehead atoms. The van der Waals surface area contributed by atoms with Gasteiger partial charge in [0.2, 0.25) is 0 Å². The predicted molar refractivity (Wildman–Crippen MR) is 138 cm³/mol. The van der Waals surface area contributed by atoms with Crippen molar-refractivity contribution in [2.45, 2.75) is 5.92 Å². The summed E-state index contributed by atoms with van der Waals surface area (Å²) in [7, 11) is 0. The minimum absolute atomic E-state index is 0.0797. The van der Waals surface area contributed by atoms with Gasteiger partial charge in [-0.3, -0.25) is 0 Å². The van der Waals surface area contributed by atoms with Gasteiger partial charge >= 0.3 is 11.3 Å². The lowest BCUT2D eigenvalue weighted by molar-refractivity contribution is 0.390. The van der Waals surface area contributed by atoms with Crippen molar-refractivity contribution in [2.75, 3.05) is 0 Å². The standard InChI is InChI=1S/C28H16N2O6S/c29-25-23(26-30-17(13-37-26)16-12-14-6-1-3-8-18(14)34-27(16)31)21(20-10-5-11-33-20)22-24(36-25)15-7-2-4-9-19(15)35-28(22)32/h1-13,21H,29H2/t21-/m1/s1. The molecule has 1 aliphatic heterocycles. The van der Waals surface area contributed by atoms with Crippen LogP contribution in [0, 0.1) is 0 Å². The van der Waals surface area contributed by atoms with Gasteiger partial charge in [-0.2, -0.15) is 0 Å². The molecule has 1 atom stereocenters. The number of nitrogens with zero attached hydrogens (tertiary/aromatic N) is 1. The molecule has 0 amide bonds. The van der Waals surface area contributed by atoms with Gasteiger partial charge in [0.15, 0.2) is 11.6 Å². The van der Waals surface area contributed by atoms with Crippen LogP contribution in [-0.4, -0.2) is 4.98 Å². The molecule has 8 nitrogen and oxygen atoms in total. The summed E-state index contributed by atoms with van der Waals surface area (Å²) in [5, 5.41) is 3.61. The number of furan rings is 1. The van der Waals surface area contributed by atoms with Crippen molar-refractivity contribution in [1.82, 2.24) is 4.98 Å². The van der Waals surface area contributed by atoms with Crippen LogP contribution in [0.15, 0.2) is 107 Å². The number of fused-ring (bicyclic) bond motifs is 4. The second-order valence-electron chi connectivity index (χ2n) is 8.48. The highest BCUT2D eigenvalue weighted by Gasteiger charge is 2.39. The maximum absolute atomic E-state index is 13.2. The zero-order valence-corrected chi connectivity index (χ0v) is 19.8. The fourth-order valence-electron chi connectivity index (χ4n) is 4.68. The number of nitrogens with two attached hydrogens (primary N) is 1. The molecule has 0 unspecified atom stereocenters. The molecule has 4 aromatic heterocycles. The number of allylic oxidation sites excluding steroid dienone is 1. The maximum atomic E-state index is 13.2. The van der Waals surface area contributed by atoms with Crippen LogP contribution in [0.5, 0.6) is 5.75 Å². The summed E-state index contributed by atoms with van der Waals surface area (Å²) in [5.74, 6) is 0.149. The molecule has 6 aromatic rings. The zero-order chi connectivity index (χ0) is 25.1. The Morgan fingerprint density at radius 3 is 2.51 bits per heavy atom. The molecule has 0 saturated carbocycles. The quantitative estimate of drug-likeness (QED) is 0.313. The van der Waals surface area contributed by atoms with Crippen LogP contribution in [0.1, 0.15) is 22.2 Å². The summed E-state index contributed by atoms with van der Waals surface area (Å²) in [6.45, 7) is 0. The molecule has 2 N–H and O–H groups in total. The molecular formula is C28H16N2O6S. The lowest BCUT2D eigenvalue weighted by atomic mass is 9.87. The van der Waals surface area contributed by atoms with Crippen LogP contribution < -0.4 is 21.7 Å². The van der Waals surface area contributed by atoms with Gasteiger partial charge in [-0.1, -0.05) is 30.3 Å². The Hall–Kier alpha value is -4.89. The van der Waals surface area contributed by atoms with Crippen molar-refractivity contribution in [3.63, 3.8) is 0 Å². The normalized spacial score (nSPS) is 15.2. The largest absolute Gasteiger partial charge is 0.468 e. The predicted octanol–water partition coefficient (Wildman–Crippen LogP) is 5.47. The Kier molecular flexibility index (Phi) is 4.67. The van der Waals surface area contributed by atoms with Gasteiger partial charge < -0.3 is 23.7 Å². The van der Waals surface area contributed by atoms with E-state index in [4.69, 9.17) is 28.7 Å². The first-order chi connectivity index (χ1) is 18.1. The van der Waals surface area contributed by atoms with E-state index in [-0.39, 0.29) is 11.4 Å². The average molecular weight is 509 g/mol. The molecular weight excluding hydrogens is 492 g/mol. The van der Waals surface area contributed by atoms with E-state index in [2.05, 4.69) is 0 Å². The number of ether oxygens (including phenoxy) is 1. The van der Waals surface area contributed by atoms with Gasteiger partial charge in [-0.05, 0) is 36.4 Å². The Morgan fingerprint density at radius 2 is 1.68 bits per heavy atom. The first-order valence-corrected chi connectivity index (χ1v) is 12.2. The van der Waals surface area contributed by atoms with E-state index in [1.807, 2.05) is 18.2 Å². The maximum Gasteiger partial charge on any atom is 0.345 e. The van der Waals surface area contributed by atoms with Gasteiger partial charge in [0, 0.05) is 10.8 Å². The van der Waals surface area contributed by atoms with Crippen LogP contribution in [0.4, 0.5) is 0 Å². The molecule has 7 rings (SSSR count). The van der Waals surface area contributed by atoms with Gasteiger partial charge in [0.05, 0.1) is 40.0 Å². The SMILES string of the molecule is NC1=C(c2nc(-c3cc4ccccc4oc3=O)cs2)[C@H](c2ccco2)c2c(c3ccccc3oc2=O)O1. The topological polar surface area (TPSA) is 122 Å². The van der Waals surface area contributed by atoms with E-state index < -0.39 is 17.2 Å². The second-order valence-corrected chi connectivity index (χ2v) is 9.34. The lowest BCUT2D eigenvalue weighted by Crippen LogP contribution is -2.26. The molecule has 0 fully saturated rings. The molecule has 1 aliphatic rings. The molecule has 0 saturated heterocycles. The minimum Gasteiger partial charge on any atom is -0.468 e. The molecule has 5 heterocycles. The molecule has 0 spiro atoms. The third-order valence-corrected chi connectivity index (χ3v) is 7.21. The van der Waals surface area contributed by atoms with E-state index in [0.29, 0.717) is 49.9 Å². The highest BCUT2D eigenvalue weighted by Crippen LogP contribution is 2.48. The monoisotopic (exact) mass is 508 g/mol. The van der Waals surface area contributed by atoms with Crippen LogP contribution >= 0.6 is 11.3 Å². The summed E-state index contributed by atoms with van der Waals surface area (Å²) >= 11 is 1.27. The molecule has 9 heteroatoms. The molecule has 37 heavy (non-hydrogen) atoms. The third-order valence-electron chi connectivity index (χ3n) is 6.33. The van der Waals surface area contributed by atoms with E-state index in [1.165, 1.54) is 17.6 Å². The Balaban J connectivity index is 1.42. The zero-order valence-electron chi connectivity index (χ0n) is 19.0.